The molecular formula is C23H43N3O3. The Morgan fingerprint density at radius 3 is 2.21 bits per heavy atom. The molecule has 6 nitrogen and oxygen atoms in total. The Hall–Kier alpha value is -1.59. The maximum Gasteiger partial charge on any atom is 0.245 e. The molecular weight excluding hydrogens is 366 g/mol. The van der Waals surface area contributed by atoms with E-state index in [0.29, 0.717) is 38.4 Å². The van der Waals surface area contributed by atoms with E-state index in [4.69, 9.17) is 0 Å². The quantitative estimate of drug-likeness (QED) is 0.667. The van der Waals surface area contributed by atoms with Crippen LogP contribution in [-0.4, -0.2) is 59.2 Å². The number of amides is 3. The van der Waals surface area contributed by atoms with Gasteiger partial charge in [0.1, 0.15) is 6.04 Å². The minimum Gasteiger partial charge on any atom is -0.344 e. The molecule has 3 unspecified atom stereocenters. The fourth-order valence-electron chi connectivity index (χ4n) is 4.24. The molecule has 0 radical (unpaired) electrons. The topological polar surface area (TPSA) is 69.7 Å². The van der Waals surface area contributed by atoms with Gasteiger partial charge in [-0.1, -0.05) is 48.5 Å². The molecule has 0 spiro atoms. The number of piperazine rings is 1. The molecule has 0 aliphatic carbocycles. The van der Waals surface area contributed by atoms with Gasteiger partial charge in [-0.05, 0) is 37.0 Å². The molecule has 0 aromatic heterocycles. The zero-order valence-corrected chi connectivity index (χ0v) is 19.9. The van der Waals surface area contributed by atoms with Gasteiger partial charge in [-0.2, -0.15) is 0 Å². The van der Waals surface area contributed by atoms with Crippen LogP contribution in [0.4, 0.5) is 0 Å². The van der Waals surface area contributed by atoms with E-state index in [-0.39, 0.29) is 35.1 Å². The first-order valence-corrected chi connectivity index (χ1v) is 11.2. The van der Waals surface area contributed by atoms with E-state index in [1.54, 1.807) is 0 Å². The van der Waals surface area contributed by atoms with Crippen LogP contribution in [0.2, 0.25) is 0 Å². The molecule has 0 aromatic rings. The van der Waals surface area contributed by atoms with Crippen molar-refractivity contribution in [3.05, 3.63) is 0 Å². The van der Waals surface area contributed by atoms with E-state index in [0.717, 1.165) is 12.8 Å². The van der Waals surface area contributed by atoms with Gasteiger partial charge in [0.15, 0.2) is 0 Å². The van der Waals surface area contributed by atoms with Crippen molar-refractivity contribution >= 4 is 17.7 Å². The summed E-state index contributed by atoms with van der Waals surface area (Å²) in [5.74, 6) is 0.432. The lowest BCUT2D eigenvalue weighted by Crippen LogP contribution is -2.60. The van der Waals surface area contributed by atoms with Gasteiger partial charge in [0.25, 0.3) is 0 Å². The molecule has 1 aliphatic heterocycles. The van der Waals surface area contributed by atoms with Gasteiger partial charge in [0.2, 0.25) is 17.7 Å². The average Bonchev–Trinajstić information content (AvgIpc) is 2.57. The Morgan fingerprint density at radius 2 is 1.72 bits per heavy atom. The first-order valence-electron chi connectivity index (χ1n) is 11.2. The van der Waals surface area contributed by atoms with Crippen LogP contribution in [-0.2, 0) is 14.4 Å². The molecule has 0 saturated carbocycles. The largest absolute Gasteiger partial charge is 0.344 e. The third-order valence-electron chi connectivity index (χ3n) is 5.47. The van der Waals surface area contributed by atoms with Crippen molar-refractivity contribution in [2.45, 2.75) is 93.2 Å². The molecule has 1 saturated heterocycles. The van der Waals surface area contributed by atoms with Crippen molar-refractivity contribution < 1.29 is 14.4 Å². The number of carbonyl (C=O) groups excluding carboxylic acids is 3. The first kappa shape index (κ1) is 25.4. The molecule has 0 aromatic carbocycles. The second kappa shape index (κ2) is 11.0. The summed E-state index contributed by atoms with van der Waals surface area (Å²) in [6.45, 7) is 18.2. The normalized spacial score (nSPS) is 19.8. The Labute approximate surface area is 177 Å². The fraction of sp³-hybridized carbons (Fsp3) is 0.870. The molecule has 168 valence electrons. The van der Waals surface area contributed by atoms with Gasteiger partial charge in [-0.15, -0.1) is 0 Å². The second-order valence-electron chi connectivity index (χ2n) is 10.3. The Kier molecular flexibility index (Phi) is 9.63. The zero-order chi connectivity index (χ0) is 22.4. The van der Waals surface area contributed by atoms with Crippen molar-refractivity contribution in [3.8, 4) is 0 Å². The van der Waals surface area contributed by atoms with E-state index in [1.165, 1.54) is 0 Å². The Bertz CT molecular complexity index is 568. The maximum absolute atomic E-state index is 13.0. The Morgan fingerprint density at radius 1 is 1.10 bits per heavy atom. The molecule has 29 heavy (non-hydrogen) atoms. The molecule has 1 rings (SSSR count). The van der Waals surface area contributed by atoms with Gasteiger partial charge in [0, 0.05) is 38.5 Å². The van der Waals surface area contributed by atoms with Gasteiger partial charge >= 0.3 is 0 Å². The molecule has 1 heterocycles. The number of nitrogens with one attached hydrogen (secondary N) is 1. The van der Waals surface area contributed by atoms with Gasteiger partial charge in [0.05, 0.1) is 0 Å². The monoisotopic (exact) mass is 409 g/mol. The first-order chi connectivity index (χ1) is 13.4. The summed E-state index contributed by atoms with van der Waals surface area (Å²) < 4.78 is 0. The summed E-state index contributed by atoms with van der Waals surface area (Å²) in [6.07, 6.45) is 2.76. The predicted octanol–water partition coefficient (Wildman–Crippen LogP) is 3.45. The third kappa shape index (κ3) is 8.35. The lowest BCUT2D eigenvalue weighted by molar-refractivity contribution is -0.145. The van der Waals surface area contributed by atoms with Crippen LogP contribution in [0.5, 0.6) is 0 Å². The molecule has 1 aliphatic rings. The molecule has 3 atom stereocenters. The highest BCUT2D eigenvalue weighted by molar-refractivity contribution is 5.88. The van der Waals surface area contributed by atoms with Crippen molar-refractivity contribution in [2.75, 3.05) is 19.6 Å². The highest BCUT2D eigenvalue weighted by Gasteiger charge is 2.34. The Balaban J connectivity index is 2.67. The minimum absolute atomic E-state index is 0.0128. The van der Waals surface area contributed by atoms with E-state index in [9.17, 15) is 14.4 Å². The minimum atomic E-state index is -0.504. The summed E-state index contributed by atoms with van der Waals surface area (Å²) in [5.41, 5.74) is 0.213. The lowest BCUT2D eigenvalue weighted by atomic mass is 9.84. The van der Waals surface area contributed by atoms with Gasteiger partial charge in [-0.3, -0.25) is 14.4 Å². The van der Waals surface area contributed by atoms with Gasteiger partial charge < -0.3 is 15.1 Å². The van der Waals surface area contributed by atoms with E-state index >= 15 is 0 Å². The SMILES string of the molecule is CCCC(=O)NC(C(=O)N1CCN(C(=O)CC(C)CC(C)(C)C)C(C)C1)C(C)C. The summed E-state index contributed by atoms with van der Waals surface area (Å²) >= 11 is 0. The van der Waals surface area contributed by atoms with Crippen molar-refractivity contribution in [1.29, 1.82) is 0 Å². The van der Waals surface area contributed by atoms with Crippen LogP contribution < -0.4 is 5.32 Å². The lowest BCUT2D eigenvalue weighted by Gasteiger charge is -2.42. The van der Waals surface area contributed by atoms with E-state index < -0.39 is 6.04 Å². The molecule has 1 fully saturated rings. The summed E-state index contributed by atoms with van der Waals surface area (Å²) in [6, 6.07) is -0.517. The average molecular weight is 410 g/mol. The van der Waals surface area contributed by atoms with Crippen LogP contribution in [0.15, 0.2) is 0 Å². The maximum atomic E-state index is 13.0. The van der Waals surface area contributed by atoms with Crippen LogP contribution in [0.25, 0.3) is 0 Å². The van der Waals surface area contributed by atoms with Crippen molar-refractivity contribution in [3.63, 3.8) is 0 Å². The number of nitrogens with zero attached hydrogens (tertiary/aromatic N) is 2. The summed E-state index contributed by atoms with van der Waals surface area (Å²) in [4.78, 5) is 41.6. The summed E-state index contributed by atoms with van der Waals surface area (Å²) in [5, 5.41) is 2.90. The van der Waals surface area contributed by atoms with E-state index in [1.807, 2.05) is 37.5 Å². The molecule has 3 amide bonds. The number of hydrogen-bond donors (Lipinski definition) is 1. The van der Waals surface area contributed by atoms with E-state index in [2.05, 4.69) is 33.0 Å². The van der Waals surface area contributed by atoms with Crippen LogP contribution in [0.1, 0.15) is 81.1 Å². The third-order valence-corrected chi connectivity index (χ3v) is 5.47. The fourth-order valence-corrected chi connectivity index (χ4v) is 4.24. The van der Waals surface area contributed by atoms with Gasteiger partial charge in [-0.25, -0.2) is 0 Å². The van der Waals surface area contributed by atoms with Crippen LogP contribution in [0.3, 0.4) is 0 Å². The summed E-state index contributed by atoms with van der Waals surface area (Å²) in [7, 11) is 0. The standard InChI is InChI=1S/C23H43N3O3/c1-9-10-19(27)24-21(16(2)3)22(29)25-11-12-26(18(5)15-25)20(28)13-17(4)14-23(6,7)8/h16-18,21H,9-15H2,1-8H3,(H,24,27). The highest BCUT2D eigenvalue weighted by atomic mass is 16.2. The highest BCUT2D eigenvalue weighted by Crippen LogP contribution is 2.27. The van der Waals surface area contributed by atoms with Crippen LogP contribution >= 0.6 is 0 Å². The number of rotatable bonds is 8. The van der Waals surface area contributed by atoms with Crippen LogP contribution in [0, 0.1) is 17.3 Å². The number of hydrogen-bond acceptors (Lipinski definition) is 3. The smallest absolute Gasteiger partial charge is 0.245 e. The second-order valence-corrected chi connectivity index (χ2v) is 10.3. The van der Waals surface area contributed by atoms with Crippen molar-refractivity contribution in [2.24, 2.45) is 17.3 Å². The molecule has 0 bridgehead atoms. The van der Waals surface area contributed by atoms with Crippen molar-refractivity contribution in [1.82, 2.24) is 15.1 Å². The zero-order valence-electron chi connectivity index (χ0n) is 19.9. The molecule has 1 N–H and O–H groups in total. The predicted molar refractivity (Wildman–Crippen MR) is 117 cm³/mol. The molecule has 6 heteroatoms. The number of carbonyl (C=O) groups is 3.